The number of urea groups is 1. The lowest BCUT2D eigenvalue weighted by atomic mass is 10.0. The number of nitrogens with zero attached hydrogens (tertiary/aromatic N) is 2. The first-order valence-electron chi connectivity index (χ1n) is 6.04. The monoisotopic (exact) mass is 324 g/mol. The molecule has 9 heteroatoms. The van der Waals surface area contributed by atoms with E-state index in [1.807, 2.05) is 0 Å². The number of thioether (sulfide) groups is 1. The number of hydrogen-bond acceptors (Lipinski definition) is 5. The minimum absolute atomic E-state index is 0.293. The highest BCUT2D eigenvalue weighted by molar-refractivity contribution is 8.00. The Morgan fingerprint density at radius 1 is 1.40 bits per heavy atom. The number of carbonyl (C=O) groups excluding carboxylic acids is 1. The van der Waals surface area contributed by atoms with Crippen LogP contribution >= 0.6 is 11.8 Å². The molecule has 0 radical (unpaired) electrons. The first-order chi connectivity index (χ1) is 8.99. The number of carboxylic acid groups (broad SMARTS) is 1. The normalized spacial score (nSPS) is 20.6. The fourth-order valence-corrected chi connectivity index (χ4v) is 4.54. The summed E-state index contributed by atoms with van der Waals surface area (Å²) in [7, 11) is -2.04. The third-order valence-electron chi connectivity index (χ3n) is 3.47. The molecule has 7 nitrogen and oxygen atoms in total. The average Bonchev–Trinajstić information content (AvgIpc) is 2.35. The van der Waals surface area contributed by atoms with E-state index in [4.69, 9.17) is 5.11 Å². The van der Waals surface area contributed by atoms with Gasteiger partial charge in [-0.25, -0.2) is 18.0 Å². The van der Waals surface area contributed by atoms with Crippen molar-refractivity contribution in [1.29, 1.82) is 0 Å². The number of rotatable bonds is 3. The molecule has 1 aliphatic heterocycles. The predicted octanol–water partition coefficient (Wildman–Crippen LogP) is 0.321. The van der Waals surface area contributed by atoms with Gasteiger partial charge in [0.2, 0.25) is 0 Å². The summed E-state index contributed by atoms with van der Waals surface area (Å²) in [4.78, 5) is 25.9. The van der Waals surface area contributed by atoms with Gasteiger partial charge in [0.25, 0.3) is 0 Å². The van der Waals surface area contributed by atoms with E-state index in [9.17, 15) is 18.0 Å². The molecule has 0 saturated carbocycles. The minimum atomic E-state index is -3.41. The van der Waals surface area contributed by atoms with Crippen LogP contribution in [0.3, 0.4) is 0 Å². The highest BCUT2D eigenvalue weighted by Crippen LogP contribution is 2.24. The van der Waals surface area contributed by atoms with Crippen LogP contribution in [0, 0.1) is 0 Å². The van der Waals surface area contributed by atoms with Crippen LogP contribution in [0.4, 0.5) is 4.79 Å². The summed E-state index contributed by atoms with van der Waals surface area (Å²) in [5.41, 5.74) is -1.40. The smallest absolute Gasteiger partial charge is 0.329 e. The number of amides is 2. The molecular formula is C11H20N2O5S2. The molecule has 1 N–H and O–H groups in total. The van der Waals surface area contributed by atoms with Gasteiger partial charge in [0.1, 0.15) is 10.9 Å². The van der Waals surface area contributed by atoms with E-state index < -0.39 is 32.8 Å². The van der Waals surface area contributed by atoms with Crippen molar-refractivity contribution in [2.24, 2.45) is 0 Å². The fraction of sp³-hybridized carbons (Fsp3) is 0.818. The van der Waals surface area contributed by atoms with Gasteiger partial charge in [-0.05, 0) is 13.8 Å². The molecule has 0 aliphatic carbocycles. The van der Waals surface area contributed by atoms with Crippen LogP contribution < -0.4 is 0 Å². The summed E-state index contributed by atoms with van der Waals surface area (Å²) in [5, 5.41) is 8.25. The number of hydrogen-bond donors (Lipinski definition) is 1. The largest absolute Gasteiger partial charge is 0.480 e. The maximum atomic E-state index is 12.4. The molecule has 0 bridgehead atoms. The van der Waals surface area contributed by atoms with E-state index in [1.54, 1.807) is 0 Å². The summed E-state index contributed by atoms with van der Waals surface area (Å²) in [6.45, 7) is 3.10. The number of aliphatic carboxylic acids is 1. The first-order valence-corrected chi connectivity index (χ1v) is 9.15. The van der Waals surface area contributed by atoms with Gasteiger partial charge in [0.15, 0.2) is 9.84 Å². The number of carbonyl (C=O) groups is 2. The molecule has 1 heterocycles. The summed E-state index contributed by atoms with van der Waals surface area (Å²) < 4.78 is 23.5. The topological polar surface area (TPSA) is 95.0 Å². The van der Waals surface area contributed by atoms with Gasteiger partial charge in [0, 0.05) is 31.4 Å². The summed E-state index contributed by atoms with van der Waals surface area (Å²) in [6, 6.07) is -0.576. The second kappa shape index (κ2) is 5.80. The van der Waals surface area contributed by atoms with Crippen LogP contribution in [0.2, 0.25) is 0 Å². The Bertz CT molecular complexity index is 503. The van der Waals surface area contributed by atoms with Crippen LogP contribution in [0.25, 0.3) is 0 Å². The van der Waals surface area contributed by atoms with E-state index in [0.29, 0.717) is 18.1 Å². The van der Waals surface area contributed by atoms with Crippen LogP contribution in [0.1, 0.15) is 13.8 Å². The molecule has 2 amide bonds. The predicted molar refractivity (Wildman–Crippen MR) is 77.5 cm³/mol. The van der Waals surface area contributed by atoms with Gasteiger partial charge in [-0.15, -0.1) is 0 Å². The average molecular weight is 324 g/mol. The third-order valence-corrected chi connectivity index (χ3v) is 6.12. The van der Waals surface area contributed by atoms with Crippen molar-refractivity contribution < 1.29 is 23.1 Å². The maximum Gasteiger partial charge on any atom is 0.329 e. The SMILES string of the molecule is CN(C(=O)N1CCSCC1S(C)(=O)=O)C(C)(C)C(=O)O. The summed E-state index contributed by atoms with van der Waals surface area (Å²) in [6.07, 6.45) is 1.09. The van der Waals surface area contributed by atoms with E-state index in [2.05, 4.69) is 0 Å². The lowest BCUT2D eigenvalue weighted by molar-refractivity contribution is -0.147. The lowest BCUT2D eigenvalue weighted by Crippen LogP contribution is -2.59. The van der Waals surface area contributed by atoms with E-state index in [0.717, 1.165) is 11.2 Å². The van der Waals surface area contributed by atoms with E-state index in [1.165, 1.54) is 37.6 Å². The fourth-order valence-electron chi connectivity index (χ4n) is 1.73. The van der Waals surface area contributed by atoms with Crippen molar-refractivity contribution >= 4 is 33.6 Å². The van der Waals surface area contributed by atoms with Crippen LogP contribution in [0.5, 0.6) is 0 Å². The van der Waals surface area contributed by atoms with Gasteiger partial charge in [-0.1, -0.05) is 0 Å². The molecule has 0 aromatic carbocycles. The zero-order valence-corrected chi connectivity index (χ0v) is 13.6. The molecule has 116 valence electrons. The molecule has 1 rings (SSSR count). The van der Waals surface area contributed by atoms with Crippen molar-refractivity contribution in [2.45, 2.75) is 24.8 Å². The summed E-state index contributed by atoms with van der Waals surface area (Å²) >= 11 is 1.47. The van der Waals surface area contributed by atoms with Crippen molar-refractivity contribution in [1.82, 2.24) is 9.80 Å². The number of sulfone groups is 1. The molecule has 0 spiro atoms. The van der Waals surface area contributed by atoms with E-state index >= 15 is 0 Å². The molecule has 20 heavy (non-hydrogen) atoms. The Morgan fingerprint density at radius 3 is 2.40 bits per heavy atom. The zero-order chi connectivity index (χ0) is 15.7. The van der Waals surface area contributed by atoms with Crippen LogP contribution in [-0.4, -0.2) is 77.6 Å². The van der Waals surface area contributed by atoms with Gasteiger partial charge < -0.3 is 14.9 Å². The molecule has 1 unspecified atom stereocenters. The Labute approximate surface area is 123 Å². The molecule has 1 fully saturated rings. The molecule has 1 aliphatic rings. The molecule has 1 atom stereocenters. The van der Waals surface area contributed by atoms with Gasteiger partial charge in [-0.2, -0.15) is 11.8 Å². The molecular weight excluding hydrogens is 304 g/mol. The molecule has 0 aromatic rings. The molecule has 0 aromatic heterocycles. The van der Waals surface area contributed by atoms with Crippen molar-refractivity contribution in [3.8, 4) is 0 Å². The quantitative estimate of drug-likeness (QED) is 0.803. The van der Waals surface area contributed by atoms with Gasteiger partial charge >= 0.3 is 12.0 Å². The minimum Gasteiger partial charge on any atom is -0.480 e. The third kappa shape index (κ3) is 3.38. The number of likely N-dealkylation sites (N-methyl/N-ethyl adjacent to an activating group) is 1. The standard InChI is InChI=1S/C11H20N2O5S2/c1-11(2,9(14)15)12(3)10(16)13-5-6-19-7-8(13)20(4,17)18/h8H,5-7H2,1-4H3,(H,14,15). The number of carboxylic acids is 1. The lowest BCUT2D eigenvalue weighted by Gasteiger charge is -2.40. The Balaban J connectivity index is 3.02. The molecule has 1 saturated heterocycles. The Kier molecular flexibility index (Phi) is 4.96. The van der Waals surface area contributed by atoms with Crippen molar-refractivity contribution in [3.05, 3.63) is 0 Å². The van der Waals surface area contributed by atoms with Gasteiger partial charge in [0.05, 0.1) is 0 Å². The Morgan fingerprint density at radius 2 is 1.95 bits per heavy atom. The summed E-state index contributed by atoms with van der Waals surface area (Å²) in [5.74, 6) is -0.194. The van der Waals surface area contributed by atoms with E-state index in [-0.39, 0.29) is 0 Å². The second-order valence-electron chi connectivity index (χ2n) is 5.26. The zero-order valence-electron chi connectivity index (χ0n) is 12.0. The maximum absolute atomic E-state index is 12.4. The van der Waals surface area contributed by atoms with Crippen LogP contribution in [-0.2, 0) is 14.6 Å². The first kappa shape index (κ1) is 17.1. The van der Waals surface area contributed by atoms with Crippen LogP contribution in [0.15, 0.2) is 0 Å². The van der Waals surface area contributed by atoms with Crippen molar-refractivity contribution in [2.75, 3.05) is 31.4 Å². The van der Waals surface area contributed by atoms with Gasteiger partial charge in [-0.3, -0.25) is 0 Å². The highest BCUT2D eigenvalue weighted by atomic mass is 32.2. The highest BCUT2D eigenvalue weighted by Gasteiger charge is 2.41. The van der Waals surface area contributed by atoms with Crippen molar-refractivity contribution in [3.63, 3.8) is 0 Å². The second-order valence-corrected chi connectivity index (χ2v) is 8.61. The Hall–Kier alpha value is -0.960.